The lowest BCUT2D eigenvalue weighted by Gasteiger charge is -2.19. The summed E-state index contributed by atoms with van der Waals surface area (Å²) in [6.07, 6.45) is 4.47. The van der Waals surface area contributed by atoms with Gasteiger partial charge in [-0.05, 0) is 29.3 Å². The first-order valence-electron chi connectivity index (χ1n) is 5.94. The fourth-order valence-corrected chi connectivity index (χ4v) is 3.22. The third-order valence-electron chi connectivity index (χ3n) is 3.07. The number of ether oxygens (including phenoxy) is 1. The van der Waals surface area contributed by atoms with Crippen molar-refractivity contribution in [1.29, 1.82) is 0 Å². The highest BCUT2D eigenvalue weighted by Crippen LogP contribution is 2.42. The van der Waals surface area contributed by atoms with Gasteiger partial charge in [0.1, 0.15) is 5.75 Å². The van der Waals surface area contributed by atoms with Gasteiger partial charge in [0.2, 0.25) is 0 Å². The Morgan fingerprint density at radius 3 is 2.56 bits per heavy atom. The van der Waals surface area contributed by atoms with E-state index in [2.05, 4.69) is 48.6 Å². The first kappa shape index (κ1) is 11.4. The summed E-state index contributed by atoms with van der Waals surface area (Å²) in [6, 6.07) is 16.8. The first-order valence-corrected chi connectivity index (χ1v) is 6.82. The van der Waals surface area contributed by atoms with Crippen LogP contribution in [-0.2, 0) is 0 Å². The van der Waals surface area contributed by atoms with Crippen molar-refractivity contribution in [3.8, 4) is 5.75 Å². The molecule has 0 spiro atoms. The number of fused-ring (bicyclic) bond motifs is 1. The lowest BCUT2D eigenvalue weighted by molar-refractivity contribution is 0.414. The van der Waals surface area contributed by atoms with Crippen LogP contribution in [0.3, 0.4) is 0 Å². The van der Waals surface area contributed by atoms with Gasteiger partial charge < -0.3 is 4.74 Å². The summed E-state index contributed by atoms with van der Waals surface area (Å²) in [5, 5.41) is 0.394. The number of hydrogen-bond acceptors (Lipinski definition) is 2. The van der Waals surface area contributed by atoms with E-state index in [-0.39, 0.29) is 0 Å². The zero-order valence-corrected chi connectivity index (χ0v) is 11.0. The van der Waals surface area contributed by atoms with Gasteiger partial charge in [-0.15, -0.1) is 11.8 Å². The summed E-state index contributed by atoms with van der Waals surface area (Å²) in [5.74, 6) is 0.906. The molecule has 0 amide bonds. The molecule has 1 heterocycles. The molecule has 1 atom stereocenters. The van der Waals surface area contributed by atoms with E-state index in [0.29, 0.717) is 5.25 Å². The average Bonchev–Trinajstić information content (AvgIpc) is 2.47. The van der Waals surface area contributed by atoms with Crippen molar-refractivity contribution in [2.24, 2.45) is 0 Å². The molecule has 0 saturated heterocycles. The van der Waals surface area contributed by atoms with E-state index >= 15 is 0 Å². The fourth-order valence-electron chi connectivity index (χ4n) is 2.07. The lowest BCUT2D eigenvalue weighted by Crippen LogP contribution is -1.95. The smallest absolute Gasteiger partial charge is 0.118 e. The second-order valence-corrected chi connectivity index (χ2v) is 5.39. The minimum atomic E-state index is 0.394. The Hall–Kier alpha value is -1.67. The van der Waals surface area contributed by atoms with Crippen LogP contribution in [0.2, 0.25) is 0 Å². The Kier molecular flexibility index (Phi) is 3.11. The van der Waals surface area contributed by atoms with Crippen LogP contribution in [0.15, 0.2) is 59.5 Å². The third kappa shape index (κ3) is 2.16. The topological polar surface area (TPSA) is 9.23 Å². The van der Waals surface area contributed by atoms with Crippen LogP contribution in [0.4, 0.5) is 0 Å². The molecule has 0 unspecified atom stereocenters. The van der Waals surface area contributed by atoms with E-state index in [0.717, 1.165) is 5.75 Å². The summed E-state index contributed by atoms with van der Waals surface area (Å²) in [4.78, 5) is 1.35. The molecule has 1 aliphatic rings. The average molecular weight is 254 g/mol. The molecule has 2 aromatic carbocycles. The molecule has 2 heteroatoms. The van der Waals surface area contributed by atoms with Gasteiger partial charge in [-0.1, -0.05) is 42.5 Å². The van der Waals surface area contributed by atoms with Crippen molar-refractivity contribution < 1.29 is 4.74 Å². The summed E-state index contributed by atoms with van der Waals surface area (Å²) in [5.41, 5.74) is 2.62. The summed E-state index contributed by atoms with van der Waals surface area (Å²) < 4.78 is 5.19. The molecule has 1 aliphatic heterocycles. The van der Waals surface area contributed by atoms with Gasteiger partial charge in [0.15, 0.2) is 0 Å². The Bertz CT molecular complexity index is 572. The molecule has 0 aliphatic carbocycles. The van der Waals surface area contributed by atoms with Crippen LogP contribution in [0.5, 0.6) is 5.75 Å². The lowest BCUT2D eigenvalue weighted by atomic mass is 10.1. The van der Waals surface area contributed by atoms with E-state index in [1.165, 1.54) is 16.0 Å². The van der Waals surface area contributed by atoms with Crippen LogP contribution in [0, 0.1) is 0 Å². The van der Waals surface area contributed by atoms with Crippen molar-refractivity contribution in [3.05, 3.63) is 65.7 Å². The van der Waals surface area contributed by atoms with E-state index in [4.69, 9.17) is 4.74 Å². The second-order valence-electron chi connectivity index (χ2n) is 4.21. The van der Waals surface area contributed by atoms with Crippen molar-refractivity contribution >= 4 is 17.8 Å². The minimum Gasteiger partial charge on any atom is -0.497 e. The molecule has 0 N–H and O–H groups in total. The van der Waals surface area contributed by atoms with Crippen LogP contribution < -0.4 is 4.74 Å². The molecule has 3 rings (SSSR count). The predicted molar refractivity (Wildman–Crippen MR) is 77.1 cm³/mol. The molecule has 2 aromatic rings. The number of methoxy groups -OCH3 is 1. The number of hydrogen-bond donors (Lipinski definition) is 0. The van der Waals surface area contributed by atoms with Crippen molar-refractivity contribution in [2.45, 2.75) is 10.1 Å². The van der Waals surface area contributed by atoms with Crippen LogP contribution in [-0.4, -0.2) is 7.11 Å². The maximum absolute atomic E-state index is 5.19. The third-order valence-corrected chi connectivity index (χ3v) is 4.38. The maximum Gasteiger partial charge on any atom is 0.118 e. The van der Waals surface area contributed by atoms with Gasteiger partial charge >= 0.3 is 0 Å². The minimum absolute atomic E-state index is 0.394. The van der Waals surface area contributed by atoms with Gasteiger partial charge in [0.05, 0.1) is 12.4 Å². The molecule has 1 nitrogen and oxygen atoms in total. The van der Waals surface area contributed by atoms with Crippen LogP contribution in [0.25, 0.3) is 6.08 Å². The zero-order valence-electron chi connectivity index (χ0n) is 10.2. The fraction of sp³-hybridized carbons (Fsp3) is 0.125. The zero-order chi connectivity index (χ0) is 12.4. The highest BCUT2D eigenvalue weighted by Gasteiger charge is 2.15. The van der Waals surface area contributed by atoms with Crippen molar-refractivity contribution in [3.63, 3.8) is 0 Å². The highest BCUT2D eigenvalue weighted by molar-refractivity contribution is 7.99. The summed E-state index contributed by atoms with van der Waals surface area (Å²) in [7, 11) is 1.69. The highest BCUT2D eigenvalue weighted by atomic mass is 32.2. The summed E-state index contributed by atoms with van der Waals surface area (Å²) in [6.45, 7) is 0. The molecule has 0 fully saturated rings. The van der Waals surface area contributed by atoms with Gasteiger partial charge in [-0.2, -0.15) is 0 Å². The van der Waals surface area contributed by atoms with Gasteiger partial charge in [0, 0.05) is 4.90 Å². The Morgan fingerprint density at radius 2 is 1.78 bits per heavy atom. The number of thioether (sulfide) groups is 1. The Morgan fingerprint density at radius 1 is 1.00 bits per heavy atom. The van der Waals surface area contributed by atoms with Gasteiger partial charge in [-0.25, -0.2) is 0 Å². The standard InChI is InChI=1S/C16H14OS/c1-17-14-9-6-13(7-10-14)16-11-8-12-4-2-3-5-15(12)18-16/h2-11,16H,1H3/t16-/m1/s1. The predicted octanol–water partition coefficient (Wildman–Crippen LogP) is 4.56. The first-order chi connectivity index (χ1) is 8.86. The maximum atomic E-state index is 5.19. The summed E-state index contributed by atoms with van der Waals surface area (Å²) >= 11 is 1.90. The molecule has 0 bridgehead atoms. The van der Waals surface area contributed by atoms with Gasteiger partial charge in [0.25, 0.3) is 0 Å². The number of benzene rings is 2. The molecule has 90 valence electrons. The van der Waals surface area contributed by atoms with Crippen molar-refractivity contribution in [2.75, 3.05) is 7.11 Å². The van der Waals surface area contributed by atoms with E-state index in [1.807, 2.05) is 23.9 Å². The molecule has 18 heavy (non-hydrogen) atoms. The molecule has 0 radical (unpaired) electrons. The van der Waals surface area contributed by atoms with E-state index < -0.39 is 0 Å². The monoisotopic (exact) mass is 254 g/mol. The SMILES string of the molecule is COc1ccc([C@H]2C=Cc3ccccc3S2)cc1. The largest absolute Gasteiger partial charge is 0.497 e. The van der Waals surface area contributed by atoms with E-state index in [9.17, 15) is 0 Å². The van der Waals surface area contributed by atoms with Gasteiger partial charge in [-0.3, -0.25) is 0 Å². The molecule has 0 aromatic heterocycles. The Labute approximate surface area is 111 Å². The normalized spacial score (nSPS) is 17.3. The molecule has 0 saturated carbocycles. The van der Waals surface area contributed by atoms with E-state index in [1.54, 1.807) is 7.11 Å². The number of rotatable bonds is 2. The second kappa shape index (κ2) is 4.91. The Balaban J connectivity index is 1.87. The quantitative estimate of drug-likeness (QED) is 0.777. The van der Waals surface area contributed by atoms with Crippen LogP contribution >= 0.6 is 11.8 Å². The molecular weight excluding hydrogens is 240 g/mol. The van der Waals surface area contributed by atoms with Crippen LogP contribution in [0.1, 0.15) is 16.4 Å². The van der Waals surface area contributed by atoms with Crippen molar-refractivity contribution in [1.82, 2.24) is 0 Å². The molecular formula is C16H14OS.